The smallest absolute Gasteiger partial charge is 0.411 e. The zero-order valence-corrected chi connectivity index (χ0v) is 14.2. The number of hydrogen-bond donors (Lipinski definition) is 0. The topological polar surface area (TPSA) is 65.1 Å². The highest BCUT2D eigenvalue weighted by Gasteiger charge is 2.37. The minimum absolute atomic E-state index is 0.0923. The van der Waals surface area contributed by atoms with Crippen molar-refractivity contribution in [2.75, 3.05) is 14.2 Å². The average Bonchev–Trinajstić information content (AvgIpc) is 2.83. The minimum atomic E-state index is -0.598. The Balaban J connectivity index is 2.30. The van der Waals surface area contributed by atoms with Gasteiger partial charge in [0.05, 0.1) is 33.2 Å². The van der Waals surface area contributed by atoms with Crippen LogP contribution in [-0.2, 0) is 20.8 Å². The number of nitrogens with zero attached hydrogens (tertiary/aromatic N) is 1. The molecule has 6 heteroatoms. The fourth-order valence-electron chi connectivity index (χ4n) is 2.61. The van der Waals surface area contributed by atoms with Gasteiger partial charge >= 0.3 is 12.1 Å². The maximum absolute atomic E-state index is 12.5. The van der Waals surface area contributed by atoms with Gasteiger partial charge in [0.2, 0.25) is 0 Å². The lowest BCUT2D eigenvalue weighted by Gasteiger charge is -2.28. The molecule has 6 nitrogen and oxygen atoms in total. The second-order valence-corrected chi connectivity index (χ2v) is 6.47. The van der Waals surface area contributed by atoms with E-state index in [2.05, 4.69) is 0 Å². The minimum Gasteiger partial charge on any atom is -0.497 e. The van der Waals surface area contributed by atoms with E-state index in [0.717, 1.165) is 11.1 Å². The molecule has 1 atom stereocenters. The van der Waals surface area contributed by atoms with Crippen molar-refractivity contribution in [3.05, 3.63) is 29.3 Å². The van der Waals surface area contributed by atoms with Crippen LogP contribution in [0.15, 0.2) is 18.2 Å². The van der Waals surface area contributed by atoms with Crippen molar-refractivity contribution < 1.29 is 23.8 Å². The Hall–Kier alpha value is -2.24. The fourth-order valence-corrected chi connectivity index (χ4v) is 2.61. The molecule has 0 bridgehead atoms. The van der Waals surface area contributed by atoms with Gasteiger partial charge in [0.15, 0.2) is 0 Å². The van der Waals surface area contributed by atoms with Gasteiger partial charge in [-0.3, -0.25) is 9.69 Å². The van der Waals surface area contributed by atoms with Gasteiger partial charge in [0.1, 0.15) is 11.4 Å². The summed E-state index contributed by atoms with van der Waals surface area (Å²) in [6.07, 6.45) is -0.351. The molecule has 0 saturated heterocycles. The lowest BCUT2D eigenvalue weighted by Crippen LogP contribution is -2.36. The zero-order chi connectivity index (χ0) is 17.2. The molecule has 0 radical (unpaired) electrons. The average molecular weight is 321 g/mol. The fraction of sp³-hybridized carbons (Fsp3) is 0.529. The number of amides is 1. The van der Waals surface area contributed by atoms with Crippen LogP contribution in [-0.4, -0.2) is 36.8 Å². The Bertz CT molecular complexity index is 605. The molecule has 1 aromatic carbocycles. The van der Waals surface area contributed by atoms with E-state index < -0.39 is 17.7 Å². The van der Waals surface area contributed by atoms with Gasteiger partial charge in [-0.05, 0) is 44.0 Å². The Morgan fingerprint density at radius 3 is 2.52 bits per heavy atom. The van der Waals surface area contributed by atoms with E-state index in [1.54, 1.807) is 12.0 Å². The maximum Gasteiger partial charge on any atom is 0.411 e. The Morgan fingerprint density at radius 1 is 1.26 bits per heavy atom. The second kappa shape index (κ2) is 6.48. The van der Waals surface area contributed by atoms with Crippen LogP contribution in [0.1, 0.15) is 44.4 Å². The summed E-state index contributed by atoms with van der Waals surface area (Å²) in [5, 5.41) is 0. The third kappa shape index (κ3) is 3.94. The molecule has 1 aromatic rings. The Morgan fingerprint density at radius 2 is 1.96 bits per heavy atom. The monoisotopic (exact) mass is 321 g/mol. The van der Waals surface area contributed by atoms with E-state index in [1.165, 1.54) is 7.11 Å². The highest BCUT2D eigenvalue weighted by atomic mass is 16.6. The van der Waals surface area contributed by atoms with Crippen LogP contribution in [0.25, 0.3) is 0 Å². The first-order valence-corrected chi connectivity index (χ1v) is 7.48. The lowest BCUT2D eigenvalue weighted by atomic mass is 10.0. The molecule has 1 aliphatic rings. The van der Waals surface area contributed by atoms with Crippen LogP contribution < -0.4 is 4.74 Å². The van der Waals surface area contributed by atoms with Crippen LogP contribution in [0.3, 0.4) is 0 Å². The van der Waals surface area contributed by atoms with E-state index in [4.69, 9.17) is 14.2 Å². The molecular weight excluding hydrogens is 298 g/mol. The van der Waals surface area contributed by atoms with Crippen molar-refractivity contribution in [3.8, 4) is 5.75 Å². The van der Waals surface area contributed by atoms with Crippen LogP contribution in [0.2, 0.25) is 0 Å². The van der Waals surface area contributed by atoms with Crippen molar-refractivity contribution in [2.45, 2.75) is 45.4 Å². The van der Waals surface area contributed by atoms with Gasteiger partial charge in [-0.1, -0.05) is 6.07 Å². The summed E-state index contributed by atoms with van der Waals surface area (Å²) in [5.41, 5.74) is 1.27. The molecule has 126 valence electrons. The standard InChI is InChI=1S/C17H23NO5/c1-17(2,3)23-16(20)18-10-11-8-12(21-4)6-7-13(11)14(18)9-15(19)22-5/h6-8,14H,9-10H2,1-5H3. The van der Waals surface area contributed by atoms with Crippen LogP contribution >= 0.6 is 0 Å². The number of carbonyl (C=O) groups is 2. The normalized spacial score (nSPS) is 16.7. The largest absolute Gasteiger partial charge is 0.497 e. The summed E-state index contributed by atoms with van der Waals surface area (Å²) in [4.78, 5) is 25.8. The molecule has 0 fully saturated rings. The summed E-state index contributed by atoms with van der Waals surface area (Å²) in [6.45, 7) is 5.81. The highest BCUT2D eigenvalue weighted by molar-refractivity contribution is 5.75. The van der Waals surface area contributed by atoms with Crippen LogP contribution in [0.4, 0.5) is 4.79 Å². The number of rotatable bonds is 3. The summed E-state index contributed by atoms with van der Waals surface area (Å²) in [5.74, 6) is 0.346. The first-order valence-electron chi connectivity index (χ1n) is 7.48. The zero-order valence-electron chi connectivity index (χ0n) is 14.2. The summed E-state index contributed by atoms with van der Waals surface area (Å²) in [6, 6.07) is 5.19. The van der Waals surface area contributed by atoms with Crippen LogP contribution in [0, 0.1) is 0 Å². The predicted octanol–water partition coefficient (Wildman–Crippen LogP) is 3.05. The van der Waals surface area contributed by atoms with E-state index in [0.29, 0.717) is 12.3 Å². The molecule has 1 amide bonds. The molecule has 1 aliphatic heterocycles. The van der Waals surface area contributed by atoms with Crippen molar-refractivity contribution in [1.82, 2.24) is 4.90 Å². The molecule has 2 rings (SSSR count). The molecule has 0 aromatic heterocycles. The van der Waals surface area contributed by atoms with Crippen molar-refractivity contribution >= 4 is 12.1 Å². The Kier molecular flexibility index (Phi) is 4.82. The van der Waals surface area contributed by atoms with E-state index in [-0.39, 0.29) is 12.4 Å². The number of ether oxygens (including phenoxy) is 3. The summed E-state index contributed by atoms with van der Waals surface area (Å²) < 4.78 is 15.4. The number of hydrogen-bond acceptors (Lipinski definition) is 5. The van der Waals surface area contributed by atoms with Crippen molar-refractivity contribution in [2.24, 2.45) is 0 Å². The Labute approximate surface area is 136 Å². The third-order valence-corrected chi connectivity index (χ3v) is 3.64. The number of carbonyl (C=O) groups excluding carboxylic acids is 2. The highest BCUT2D eigenvalue weighted by Crippen LogP contribution is 2.38. The molecule has 1 unspecified atom stereocenters. The maximum atomic E-state index is 12.5. The summed E-state index contributed by atoms with van der Waals surface area (Å²) in [7, 11) is 2.93. The SMILES string of the molecule is COC(=O)CC1c2ccc(OC)cc2CN1C(=O)OC(C)(C)C. The van der Waals surface area contributed by atoms with Gasteiger partial charge in [0, 0.05) is 0 Å². The van der Waals surface area contributed by atoms with Gasteiger partial charge in [-0.2, -0.15) is 0 Å². The van der Waals surface area contributed by atoms with Crippen LogP contribution in [0.5, 0.6) is 5.75 Å². The van der Waals surface area contributed by atoms with E-state index >= 15 is 0 Å². The summed E-state index contributed by atoms with van der Waals surface area (Å²) >= 11 is 0. The quantitative estimate of drug-likeness (QED) is 0.801. The van der Waals surface area contributed by atoms with E-state index in [9.17, 15) is 9.59 Å². The third-order valence-electron chi connectivity index (χ3n) is 3.64. The molecular formula is C17H23NO5. The van der Waals surface area contributed by atoms with Crippen molar-refractivity contribution in [3.63, 3.8) is 0 Å². The molecule has 1 heterocycles. The molecule has 0 aliphatic carbocycles. The molecule has 0 spiro atoms. The molecule has 0 saturated carbocycles. The van der Waals surface area contributed by atoms with Gasteiger partial charge < -0.3 is 14.2 Å². The number of fused-ring (bicyclic) bond motifs is 1. The second-order valence-electron chi connectivity index (χ2n) is 6.47. The molecule has 23 heavy (non-hydrogen) atoms. The van der Waals surface area contributed by atoms with Crippen molar-refractivity contribution in [1.29, 1.82) is 0 Å². The van der Waals surface area contributed by atoms with Gasteiger partial charge in [0.25, 0.3) is 0 Å². The number of benzene rings is 1. The first kappa shape index (κ1) is 17.1. The number of esters is 1. The van der Waals surface area contributed by atoms with Gasteiger partial charge in [-0.25, -0.2) is 4.79 Å². The predicted molar refractivity (Wildman–Crippen MR) is 84.1 cm³/mol. The lowest BCUT2D eigenvalue weighted by molar-refractivity contribution is -0.141. The van der Waals surface area contributed by atoms with E-state index in [1.807, 2.05) is 39.0 Å². The molecule has 0 N–H and O–H groups in total. The first-order chi connectivity index (χ1) is 10.7. The number of methoxy groups -OCH3 is 2. The van der Waals surface area contributed by atoms with Gasteiger partial charge in [-0.15, -0.1) is 0 Å².